The van der Waals surface area contributed by atoms with Crippen LogP contribution >= 0.6 is 22.9 Å². The number of anilines is 1. The third-order valence-corrected chi connectivity index (χ3v) is 6.50. The van der Waals surface area contributed by atoms with Crippen LogP contribution in [-0.2, 0) is 19.1 Å². The normalized spacial score (nSPS) is 13.7. The zero-order chi connectivity index (χ0) is 26.0. The fourth-order valence-corrected chi connectivity index (χ4v) is 4.92. The van der Waals surface area contributed by atoms with Crippen molar-refractivity contribution in [1.29, 1.82) is 0 Å². The second kappa shape index (κ2) is 13.8. The van der Waals surface area contributed by atoms with Crippen LogP contribution in [0.4, 0.5) is 5.00 Å². The fraction of sp³-hybridized carbons (Fsp3) is 0.417. The Kier molecular flexibility index (Phi) is 11.2. The van der Waals surface area contributed by atoms with Crippen molar-refractivity contribution in [1.82, 2.24) is 4.90 Å². The van der Waals surface area contributed by atoms with Crippen molar-refractivity contribution in [2.45, 2.75) is 39.5 Å². The van der Waals surface area contributed by atoms with Crippen LogP contribution in [0.5, 0.6) is 0 Å². The van der Waals surface area contributed by atoms with Gasteiger partial charge in [0.1, 0.15) is 14.9 Å². The Hall–Kier alpha value is -2.95. The first-order chi connectivity index (χ1) is 16.6. The molecule has 0 aliphatic carbocycles. The quantitative estimate of drug-likeness (QED) is 0.371. The summed E-state index contributed by atoms with van der Waals surface area (Å²) in [4.78, 5) is 45.8. The van der Waals surface area contributed by atoms with E-state index in [4.69, 9.17) is 36.1 Å². The molecule has 1 aromatic carbocycles. The maximum absolute atomic E-state index is 12.7. The summed E-state index contributed by atoms with van der Waals surface area (Å²) in [5, 5.41) is 18.1. The molecule has 1 aromatic heterocycles. The van der Waals surface area contributed by atoms with E-state index in [1.165, 1.54) is 24.2 Å². The van der Waals surface area contributed by atoms with Crippen LogP contribution in [0.1, 0.15) is 48.5 Å². The van der Waals surface area contributed by atoms with Crippen molar-refractivity contribution in [3.63, 3.8) is 0 Å². The third kappa shape index (κ3) is 8.65. The molecule has 35 heavy (non-hydrogen) atoms. The first-order valence-electron chi connectivity index (χ1n) is 11.2. The molecule has 0 saturated carbocycles. The summed E-state index contributed by atoms with van der Waals surface area (Å²) < 4.78 is 5.72. The monoisotopic (exact) mass is 524 g/mol. The number of aliphatic carboxylic acids is 2. The number of carboxylic acid groups (broad SMARTS) is 2. The first kappa shape index (κ1) is 28.3. The number of rotatable bonds is 6. The van der Waals surface area contributed by atoms with Crippen LogP contribution in [0, 0.1) is 6.92 Å². The number of aryl methyl sites for hydroxylation is 1. The maximum atomic E-state index is 12.7. The lowest BCUT2D eigenvalue weighted by molar-refractivity contribution is -0.159. The van der Waals surface area contributed by atoms with Crippen molar-refractivity contribution in [2.24, 2.45) is 0 Å². The number of carbonyl (C=O) groups excluding carboxylic acids is 2. The van der Waals surface area contributed by atoms with Gasteiger partial charge in [-0.3, -0.25) is 9.69 Å². The highest BCUT2D eigenvalue weighted by Gasteiger charge is 2.27. The Balaban J connectivity index is 0.000000641. The fourth-order valence-electron chi connectivity index (χ4n) is 3.53. The summed E-state index contributed by atoms with van der Waals surface area (Å²) in [7, 11) is 0. The lowest BCUT2D eigenvalue weighted by atomic mass is 10.0. The molecule has 0 radical (unpaired) electrons. The zero-order valence-corrected chi connectivity index (χ0v) is 21.2. The highest BCUT2D eigenvalue weighted by molar-refractivity contribution is 7.21. The van der Waals surface area contributed by atoms with E-state index in [9.17, 15) is 9.59 Å². The highest BCUT2D eigenvalue weighted by Crippen LogP contribution is 2.44. The van der Waals surface area contributed by atoms with Gasteiger partial charge >= 0.3 is 17.9 Å². The van der Waals surface area contributed by atoms with E-state index in [1.807, 2.05) is 31.2 Å². The van der Waals surface area contributed by atoms with Crippen LogP contribution in [0.25, 0.3) is 11.1 Å². The smallest absolute Gasteiger partial charge is 0.414 e. The number of nitrogens with zero attached hydrogens (tertiary/aromatic N) is 1. The van der Waals surface area contributed by atoms with Crippen molar-refractivity contribution >= 4 is 51.8 Å². The average molecular weight is 525 g/mol. The number of ether oxygens (including phenoxy) is 1. The van der Waals surface area contributed by atoms with Crippen LogP contribution in [0.2, 0.25) is 4.34 Å². The van der Waals surface area contributed by atoms with Gasteiger partial charge in [0.2, 0.25) is 5.91 Å². The minimum Gasteiger partial charge on any atom is -0.473 e. The van der Waals surface area contributed by atoms with Crippen LogP contribution in [0.3, 0.4) is 0 Å². The maximum Gasteiger partial charge on any atom is 0.414 e. The Bertz CT molecular complexity index is 1030. The molecule has 1 saturated heterocycles. The number of esters is 1. The summed E-state index contributed by atoms with van der Waals surface area (Å²) in [6.07, 6.45) is 4.66. The van der Waals surface area contributed by atoms with Gasteiger partial charge in [-0.25, -0.2) is 14.4 Å². The molecular formula is C24H29ClN2O7S. The molecule has 1 fully saturated rings. The molecule has 2 heterocycles. The number of amides is 1. The molecule has 0 unspecified atom stereocenters. The predicted molar refractivity (Wildman–Crippen MR) is 134 cm³/mol. The standard InChI is InChI=1S/C22H27ClN2O3S.C2H2O4/c1-3-28-22(27)19-18(16-10-8-15(2)9-11-16)20(23)29-21(19)24-17(26)14-25-12-6-4-5-7-13-25;3-1(4)2(5)6/h8-11H,3-7,12-14H2,1-2H3,(H,24,26);(H,3,4)(H,5,6). The summed E-state index contributed by atoms with van der Waals surface area (Å²) >= 11 is 7.72. The number of nitrogens with one attached hydrogen (secondary N) is 1. The van der Waals surface area contributed by atoms with E-state index < -0.39 is 17.9 Å². The predicted octanol–water partition coefficient (Wildman–Crippen LogP) is 4.52. The molecule has 190 valence electrons. The van der Waals surface area contributed by atoms with Crippen molar-refractivity contribution in [3.05, 3.63) is 39.7 Å². The van der Waals surface area contributed by atoms with E-state index in [1.54, 1.807) is 6.92 Å². The van der Waals surface area contributed by atoms with Gasteiger partial charge in [-0.2, -0.15) is 0 Å². The van der Waals surface area contributed by atoms with Crippen molar-refractivity contribution in [3.8, 4) is 11.1 Å². The minimum absolute atomic E-state index is 0.133. The number of hydrogen-bond acceptors (Lipinski definition) is 7. The summed E-state index contributed by atoms with van der Waals surface area (Å²) in [5.74, 6) is -4.26. The molecular weight excluding hydrogens is 496 g/mol. The van der Waals surface area contributed by atoms with Gasteiger partial charge in [0.25, 0.3) is 0 Å². The number of benzene rings is 1. The number of hydrogen-bond donors (Lipinski definition) is 3. The molecule has 3 rings (SSSR count). The van der Waals surface area contributed by atoms with E-state index >= 15 is 0 Å². The van der Waals surface area contributed by atoms with E-state index in [0.717, 1.165) is 37.1 Å². The van der Waals surface area contributed by atoms with E-state index in [2.05, 4.69) is 10.2 Å². The Morgan fingerprint density at radius 3 is 2.11 bits per heavy atom. The molecule has 0 spiro atoms. The molecule has 0 atom stereocenters. The van der Waals surface area contributed by atoms with E-state index in [0.29, 0.717) is 27.0 Å². The minimum atomic E-state index is -1.82. The lowest BCUT2D eigenvalue weighted by Crippen LogP contribution is -2.34. The van der Waals surface area contributed by atoms with Crippen LogP contribution in [-0.4, -0.2) is 65.2 Å². The topological polar surface area (TPSA) is 133 Å². The number of carboxylic acids is 2. The number of thiophene rings is 1. The summed E-state index contributed by atoms with van der Waals surface area (Å²) in [6, 6.07) is 7.79. The van der Waals surface area contributed by atoms with Crippen LogP contribution in [0.15, 0.2) is 24.3 Å². The summed E-state index contributed by atoms with van der Waals surface area (Å²) in [5.41, 5.74) is 2.88. The molecule has 1 aliphatic rings. The molecule has 1 amide bonds. The van der Waals surface area contributed by atoms with Crippen LogP contribution < -0.4 is 5.32 Å². The summed E-state index contributed by atoms with van der Waals surface area (Å²) in [6.45, 7) is 6.18. The molecule has 2 aromatic rings. The largest absolute Gasteiger partial charge is 0.473 e. The average Bonchev–Trinajstić information content (AvgIpc) is 2.95. The molecule has 3 N–H and O–H groups in total. The van der Waals surface area contributed by atoms with Gasteiger partial charge in [0, 0.05) is 5.56 Å². The molecule has 0 bridgehead atoms. The van der Waals surface area contributed by atoms with Gasteiger partial charge in [-0.1, -0.05) is 54.3 Å². The lowest BCUT2D eigenvalue weighted by Gasteiger charge is -2.19. The Morgan fingerprint density at radius 2 is 1.60 bits per heavy atom. The van der Waals surface area contributed by atoms with Gasteiger partial charge in [0.15, 0.2) is 0 Å². The van der Waals surface area contributed by atoms with Gasteiger partial charge in [0.05, 0.1) is 13.2 Å². The van der Waals surface area contributed by atoms with Gasteiger partial charge < -0.3 is 20.3 Å². The Morgan fingerprint density at radius 1 is 1.03 bits per heavy atom. The SMILES string of the molecule is CCOC(=O)c1c(NC(=O)CN2CCCCCC2)sc(Cl)c1-c1ccc(C)cc1.O=C(O)C(=O)O. The van der Waals surface area contributed by atoms with Crippen molar-refractivity contribution in [2.75, 3.05) is 31.6 Å². The van der Waals surface area contributed by atoms with Crippen molar-refractivity contribution < 1.29 is 34.1 Å². The second-order valence-electron chi connectivity index (χ2n) is 7.89. The number of likely N-dealkylation sites (tertiary alicyclic amines) is 1. The zero-order valence-electron chi connectivity index (χ0n) is 19.6. The Labute approximate surface area is 212 Å². The molecule has 9 nitrogen and oxygen atoms in total. The third-order valence-electron chi connectivity index (χ3n) is 5.19. The first-order valence-corrected chi connectivity index (χ1v) is 12.4. The van der Waals surface area contributed by atoms with Gasteiger partial charge in [-0.15, -0.1) is 11.3 Å². The van der Waals surface area contributed by atoms with E-state index in [-0.39, 0.29) is 12.5 Å². The molecule has 11 heteroatoms. The molecule has 1 aliphatic heterocycles. The second-order valence-corrected chi connectivity index (χ2v) is 9.51. The van der Waals surface area contributed by atoms with Gasteiger partial charge in [-0.05, 0) is 45.3 Å². The highest BCUT2D eigenvalue weighted by atomic mass is 35.5. The number of halogens is 1. The number of carbonyl (C=O) groups is 4.